The van der Waals surface area contributed by atoms with Crippen molar-refractivity contribution in [3.05, 3.63) is 28.8 Å². The van der Waals surface area contributed by atoms with Gasteiger partial charge in [-0.05, 0) is 49.4 Å². The Balaban J connectivity index is 1.53. The monoisotopic (exact) mass is 433 g/mol. The molecular weight excluding hydrogens is 402 g/mol. The van der Waals surface area contributed by atoms with E-state index in [2.05, 4.69) is 22.1 Å². The van der Waals surface area contributed by atoms with E-state index in [0.29, 0.717) is 35.2 Å². The van der Waals surface area contributed by atoms with Crippen LogP contribution in [0.4, 0.5) is 5.13 Å². The van der Waals surface area contributed by atoms with Gasteiger partial charge in [-0.2, -0.15) is 0 Å². The van der Waals surface area contributed by atoms with Gasteiger partial charge in [-0.25, -0.2) is 4.98 Å². The number of likely N-dealkylation sites (tertiary alicyclic amines) is 1. The molecule has 1 aliphatic heterocycles. The lowest BCUT2D eigenvalue weighted by Crippen LogP contribution is -2.33. The molecule has 0 bridgehead atoms. The van der Waals surface area contributed by atoms with E-state index in [9.17, 15) is 4.79 Å². The number of aromatic nitrogens is 1. The number of methoxy groups -OCH3 is 3. The van der Waals surface area contributed by atoms with Gasteiger partial charge in [0.1, 0.15) is 0 Å². The molecule has 7 nitrogen and oxygen atoms in total. The van der Waals surface area contributed by atoms with E-state index in [1.807, 2.05) is 17.5 Å². The summed E-state index contributed by atoms with van der Waals surface area (Å²) in [4.78, 5) is 19.5. The van der Waals surface area contributed by atoms with Crippen molar-refractivity contribution in [1.82, 2.24) is 9.88 Å². The second kappa shape index (κ2) is 10.6. The summed E-state index contributed by atoms with van der Waals surface area (Å²) in [5.41, 5.74) is 1.97. The molecule has 1 saturated heterocycles. The number of aryl methyl sites for hydroxylation is 1. The van der Waals surface area contributed by atoms with Gasteiger partial charge >= 0.3 is 0 Å². The van der Waals surface area contributed by atoms with Crippen molar-refractivity contribution >= 4 is 22.4 Å². The van der Waals surface area contributed by atoms with Crippen LogP contribution in [0.1, 0.15) is 37.4 Å². The average Bonchev–Trinajstić information content (AvgIpc) is 3.17. The molecular formula is C22H31N3O4S. The van der Waals surface area contributed by atoms with Crippen molar-refractivity contribution < 1.29 is 19.0 Å². The number of piperidine rings is 1. The fourth-order valence-electron chi connectivity index (χ4n) is 3.82. The quantitative estimate of drug-likeness (QED) is 0.645. The Kier molecular flexibility index (Phi) is 7.93. The highest BCUT2D eigenvalue weighted by molar-refractivity contribution is 7.13. The number of ether oxygens (including phenoxy) is 3. The first-order valence-corrected chi connectivity index (χ1v) is 11.2. The Morgan fingerprint density at radius 1 is 1.23 bits per heavy atom. The summed E-state index contributed by atoms with van der Waals surface area (Å²) >= 11 is 1.48. The predicted octanol–water partition coefficient (Wildman–Crippen LogP) is 3.97. The molecule has 8 heteroatoms. The van der Waals surface area contributed by atoms with Gasteiger partial charge in [-0.15, -0.1) is 11.3 Å². The molecule has 2 aromatic rings. The minimum atomic E-state index is -0.0590. The number of rotatable bonds is 9. The van der Waals surface area contributed by atoms with Crippen molar-refractivity contribution in [2.75, 3.05) is 39.7 Å². The summed E-state index contributed by atoms with van der Waals surface area (Å²) in [6.45, 7) is 5.39. The maximum atomic E-state index is 12.4. The first kappa shape index (κ1) is 22.4. The van der Waals surface area contributed by atoms with Crippen molar-refractivity contribution in [2.45, 2.75) is 39.2 Å². The number of benzene rings is 1. The second-order valence-electron chi connectivity index (χ2n) is 7.71. The molecule has 0 saturated carbocycles. The van der Waals surface area contributed by atoms with E-state index < -0.39 is 0 Å². The summed E-state index contributed by atoms with van der Waals surface area (Å²) in [6.07, 6.45) is 3.46. The van der Waals surface area contributed by atoms with E-state index in [4.69, 9.17) is 14.2 Å². The Hall–Kier alpha value is -2.32. The van der Waals surface area contributed by atoms with Crippen LogP contribution in [0.2, 0.25) is 0 Å². The van der Waals surface area contributed by atoms with Crippen LogP contribution < -0.4 is 19.5 Å². The molecule has 1 atom stereocenters. The first-order chi connectivity index (χ1) is 14.5. The molecule has 1 aromatic carbocycles. The molecule has 3 rings (SSSR count). The molecule has 1 N–H and O–H groups in total. The highest BCUT2D eigenvalue weighted by Gasteiger charge is 2.18. The maximum absolute atomic E-state index is 12.4. The van der Waals surface area contributed by atoms with Gasteiger partial charge in [0.05, 0.1) is 27.0 Å². The van der Waals surface area contributed by atoms with Crippen LogP contribution in [0.25, 0.3) is 0 Å². The van der Waals surface area contributed by atoms with Crippen LogP contribution in [0.15, 0.2) is 17.5 Å². The van der Waals surface area contributed by atoms with Crippen molar-refractivity contribution in [3.8, 4) is 17.2 Å². The normalized spacial score (nSPS) is 16.9. The van der Waals surface area contributed by atoms with Crippen molar-refractivity contribution in [3.63, 3.8) is 0 Å². The van der Waals surface area contributed by atoms with Gasteiger partial charge in [-0.1, -0.05) is 6.92 Å². The number of nitrogens with zero attached hydrogens (tertiary/aromatic N) is 2. The minimum Gasteiger partial charge on any atom is -0.493 e. The van der Waals surface area contributed by atoms with Gasteiger partial charge in [-0.3, -0.25) is 9.69 Å². The second-order valence-corrected chi connectivity index (χ2v) is 8.57. The lowest BCUT2D eigenvalue weighted by molar-refractivity contribution is -0.116. The number of carbonyl (C=O) groups is 1. The van der Waals surface area contributed by atoms with Crippen LogP contribution in [-0.2, 0) is 17.8 Å². The van der Waals surface area contributed by atoms with Gasteiger partial charge in [0, 0.05) is 24.9 Å². The summed E-state index contributed by atoms with van der Waals surface area (Å²) in [5.74, 6) is 2.40. The number of nitrogens with one attached hydrogen (secondary N) is 1. The zero-order chi connectivity index (χ0) is 21.5. The molecule has 0 aliphatic carbocycles. The van der Waals surface area contributed by atoms with Gasteiger partial charge in [0.25, 0.3) is 0 Å². The van der Waals surface area contributed by atoms with Crippen LogP contribution in [-0.4, -0.2) is 50.2 Å². The molecule has 1 amide bonds. The molecule has 2 heterocycles. The highest BCUT2D eigenvalue weighted by Crippen LogP contribution is 2.38. The third-order valence-electron chi connectivity index (χ3n) is 5.29. The predicted molar refractivity (Wildman–Crippen MR) is 119 cm³/mol. The molecule has 30 heavy (non-hydrogen) atoms. The fraction of sp³-hybridized carbons (Fsp3) is 0.545. The standard InChI is InChI=1S/C22H31N3O4S/c1-15-6-5-9-25(12-15)13-17-14-30-22(23-17)24-20(26)8-7-16-10-18(27-2)21(29-4)19(11-16)28-3/h10-11,14-15H,5-9,12-13H2,1-4H3,(H,23,24,26). The maximum Gasteiger partial charge on any atom is 0.226 e. The number of hydrogen-bond acceptors (Lipinski definition) is 7. The first-order valence-electron chi connectivity index (χ1n) is 10.3. The summed E-state index contributed by atoms with van der Waals surface area (Å²) in [6, 6.07) is 3.74. The van der Waals surface area contributed by atoms with Gasteiger partial charge < -0.3 is 19.5 Å². The molecule has 0 spiro atoms. The fourth-order valence-corrected chi connectivity index (χ4v) is 4.53. The van der Waals surface area contributed by atoms with Crippen LogP contribution >= 0.6 is 11.3 Å². The Labute approximate surface area is 182 Å². The molecule has 164 valence electrons. The SMILES string of the molecule is COc1cc(CCC(=O)Nc2nc(CN3CCCC(C)C3)cs2)cc(OC)c1OC. The number of hydrogen-bond donors (Lipinski definition) is 1. The van der Waals surface area contributed by atoms with Gasteiger partial charge in [0.2, 0.25) is 11.7 Å². The Morgan fingerprint density at radius 3 is 2.60 bits per heavy atom. The Bertz CT molecular complexity index is 830. The van der Waals surface area contributed by atoms with Gasteiger partial charge in [0.15, 0.2) is 16.6 Å². The zero-order valence-electron chi connectivity index (χ0n) is 18.2. The number of anilines is 1. The van der Waals surface area contributed by atoms with E-state index in [1.54, 1.807) is 21.3 Å². The van der Waals surface area contributed by atoms with Crippen LogP contribution in [0.5, 0.6) is 17.2 Å². The Morgan fingerprint density at radius 2 is 1.97 bits per heavy atom. The molecule has 1 fully saturated rings. The summed E-state index contributed by atoms with van der Waals surface area (Å²) in [7, 11) is 4.73. The lowest BCUT2D eigenvalue weighted by Gasteiger charge is -2.30. The molecule has 1 aromatic heterocycles. The number of thiazole rings is 1. The molecule has 0 radical (unpaired) electrons. The largest absolute Gasteiger partial charge is 0.493 e. The molecule has 1 aliphatic rings. The summed E-state index contributed by atoms with van der Waals surface area (Å²) < 4.78 is 16.1. The summed E-state index contributed by atoms with van der Waals surface area (Å²) in [5, 5.41) is 5.61. The third kappa shape index (κ3) is 5.86. The zero-order valence-corrected chi connectivity index (χ0v) is 19.0. The number of carbonyl (C=O) groups excluding carboxylic acids is 1. The lowest BCUT2D eigenvalue weighted by atomic mass is 10.0. The van der Waals surface area contributed by atoms with Crippen LogP contribution in [0.3, 0.4) is 0 Å². The number of amides is 1. The highest BCUT2D eigenvalue weighted by atomic mass is 32.1. The average molecular weight is 434 g/mol. The van der Waals surface area contributed by atoms with E-state index in [1.165, 1.54) is 24.2 Å². The van der Waals surface area contributed by atoms with Crippen molar-refractivity contribution in [1.29, 1.82) is 0 Å². The molecule has 1 unspecified atom stereocenters. The topological polar surface area (TPSA) is 72.9 Å². The smallest absolute Gasteiger partial charge is 0.226 e. The van der Waals surface area contributed by atoms with Crippen molar-refractivity contribution in [2.24, 2.45) is 5.92 Å². The minimum absolute atomic E-state index is 0.0590. The van der Waals surface area contributed by atoms with E-state index in [-0.39, 0.29) is 5.91 Å². The third-order valence-corrected chi connectivity index (χ3v) is 6.10. The van der Waals surface area contributed by atoms with E-state index in [0.717, 1.165) is 36.8 Å². The van der Waals surface area contributed by atoms with E-state index >= 15 is 0 Å². The van der Waals surface area contributed by atoms with Crippen LogP contribution in [0, 0.1) is 5.92 Å².